The SMILES string of the molecule is CSc1ccc(CNCCC2CCNCC2)cc1. The lowest BCUT2D eigenvalue weighted by Crippen LogP contribution is -2.29. The number of rotatable bonds is 6. The van der Waals surface area contributed by atoms with E-state index >= 15 is 0 Å². The Kier molecular flexibility index (Phi) is 6.05. The molecule has 0 spiro atoms. The van der Waals surface area contributed by atoms with Crippen LogP contribution < -0.4 is 10.6 Å². The molecular weight excluding hydrogens is 240 g/mol. The molecule has 0 saturated carbocycles. The van der Waals surface area contributed by atoms with Gasteiger partial charge in [0.05, 0.1) is 0 Å². The summed E-state index contributed by atoms with van der Waals surface area (Å²) in [5, 5.41) is 6.98. The second-order valence-electron chi connectivity index (χ2n) is 5.01. The molecule has 1 aliphatic heterocycles. The normalized spacial score (nSPS) is 16.9. The van der Waals surface area contributed by atoms with Crippen molar-refractivity contribution >= 4 is 11.8 Å². The van der Waals surface area contributed by atoms with Gasteiger partial charge >= 0.3 is 0 Å². The minimum absolute atomic E-state index is 0.928. The first-order valence-corrected chi connectivity index (χ1v) is 8.15. The monoisotopic (exact) mass is 264 g/mol. The van der Waals surface area contributed by atoms with E-state index in [2.05, 4.69) is 41.2 Å². The second kappa shape index (κ2) is 7.82. The Morgan fingerprint density at radius 1 is 1.22 bits per heavy atom. The van der Waals surface area contributed by atoms with Gasteiger partial charge in [-0.05, 0) is 68.8 Å². The Morgan fingerprint density at radius 3 is 2.61 bits per heavy atom. The van der Waals surface area contributed by atoms with Gasteiger partial charge in [0.15, 0.2) is 0 Å². The molecule has 0 bridgehead atoms. The van der Waals surface area contributed by atoms with Crippen LogP contribution in [0.1, 0.15) is 24.8 Å². The molecule has 3 heteroatoms. The first kappa shape index (κ1) is 13.9. The average molecular weight is 264 g/mol. The minimum Gasteiger partial charge on any atom is -0.317 e. The molecule has 1 aromatic carbocycles. The largest absolute Gasteiger partial charge is 0.317 e. The molecule has 0 unspecified atom stereocenters. The van der Waals surface area contributed by atoms with E-state index in [1.54, 1.807) is 11.8 Å². The van der Waals surface area contributed by atoms with E-state index in [0.29, 0.717) is 0 Å². The number of thioether (sulfide) groups is 1. The summed E-state index contributed by atoms with van der Waals surface area (Å²) in [6.07, 6.45) is 6.14. The van der Waals surface area contributed by atoms with Crippen LogP contribution in [0.25, 0.3) is 0 Å². The van der Waals surface area contributed by atoms with Gasteiger partial charge in [0.2, 0.25) is 0 Å². The smallest absolute Gasteiger partial charge is 0.0205 e. The van der Waals surface area contributed by atoms with E-state index < -0.39 is 0 Å². The van der Waals surface area contributed by atoms with Gasteiger partial charge in [0, 0.05) is 11.4 Å². The van der Waals surface area contributed by atoms with E-state index in [1.807, 2.05) is 0 Å². The van der Waals surface area contributed by atoms with Crippen molar-refractivity contribution in [1.29, 1.82) is 0 Å². The van der Waals surface area contributed by atoms with Gasteiger partial charge in [0.25, 0.3) is 0 Å². The van der Waals surface area contributed by atoms with E-state index in [4.69, 9.17) is 0 Å². The highest BCUT2D eigenvalue weighted by Crippen LogP contribution is 2.16. The predicted octanol–water partition coefficient (Wildman–Crippen LogP) is 2.89. The fraction of sp³-hybridized carbons (Fsp3) is 0.600. The van der Waals surface area contributed by atoms with Crippen molar-refractivity contribution in [2.24, 2.45) is 5.92 Å². The van der Waals surface area contributed by atoms with E-state index in [9.17, 15) is 0 Å². The molecule has 2 N–H and O–H groups in total. The van der Waals surface area contributed by atoms with Gasteiger partial charge < -0.3 is 10.6 Å². The van der Waals surface area contributed by atoms with Crippen molar-refractivity contribution in [3.63, 3.8) is 0 Å². The lowest BCUT2D eigenvalue weighted by molar-refractivity contribution is 0.348. The molecular formula is C15H24N2S. The van der Waals surface area contributed by atoms with Crippen LogP contribution in [0, 0.1) is 5.92 Å². The standard InChI is InChI=1S/C15H24N2S/c1-18-15-4-2-14(3-5-15)12-17-11-8-13-6-9-16-10-7-13/h2-5,13,16-17H,6-12H2,1H3. The molecule has 0 radical (unpaired) electrons. The van der Waals surface area contributed by atoms with Crippen LogP contribution in [0.2, 0.25) is 0 Å². The van der Waals surface area contributed by atoms with Crippen molar-refractivity contribution in [3.8, 4) is 0 Å². The summed E-state index contributed by atoms with van der Waals surface area (Å²) >= 11 is 1.80. The quantitative estimate of drug-likeness (QED) is 0.610. The summed E-state index contributed by atoms with van der Waals surface area (Å²) in [6.45, 7) is 4.57. The summed E-state index contributed by atoms with van der Waals surface area (Å²) in [7, 11) is 0. The van der Waals surface area contributed by atoms with Crippen molar-refractivity contribution in [1.82, 2.24) is 10.6 Å². The van der Waals surface area contributed by atoms with Crippen LogP contribution in [-0.4, -0.2) is 25.9 Å². The van der Waals surface area contributed by atoms with Crippen LogP contribution >= 0.6 is 11.8 Å². The molecule has 1 aliphatic rings. The fourth-order valence-corrected chi connectivity index (χ4v) is 2.86. The van der Waals surface area contributed by atoms with Crippen LogP contribution in [0.4, 0.5) is 0 Å². The van der Waals surface area contributed by atoms with E-state index in [-0.39, 0.29) is 0 Å². The van der Waals surface area contributed by atoms with Gasteiger partial charge in [-0.15, -0.1) is 11.8 Å². The zero-order chi connectivity index (χ0) is 12.6. The Hall–Kier alpha value is -0.510. The minimum atomic E-state index is 0.928. The highest BCUT2D eigenvalue weighted by molar-refractivity contribution is 7.98. The Balaban J connectivity index is 1.62. The topological polar surface area (TPSA) is 24.1 Å². The number of hydrogen-bond donors (Lipinski definition) is 2. The molecule has 2 nitrogen and oxygen atoms in total. The zero-order valence-corrected chi connectivity index (χ0v) is 12.1. The molecule has 1 saturated heterocycles. The zero-order valence-electron chi connectivity index (χ0n) is 11.2. The molecule has 2 rings (SSSR count). The van der Waals surface area contributed by atoms with Gasteiger partial charge in [0.1, 0.15) is 0 Å². The summed E-state index contributed by atoms with van der Waals surface area (Å²) < 4.78 is 0. The van der Waals surface area contributed by atoms with Crippen molar-refractivity contribution in [2.45, 2.75) is 30.7 Å². The predicted molar refractivity (Wildman–Crippen MR) is 80.1 cm³/mol. The Labute approximate surface area is 115 Å². The average Bonchev–Trinajstić information content (AvgIpc) is 2.45. The number of benzene rings is 1. The van der Waals surface area contributed by atoms with Crippen LogP contribution in [0.5, 0.6) is 0 Å². The summed E-state index contributed by atoms with van der Waals surface area (Å²) in [5.74, 6) is 0.928. The van der Waals surface area contributed by atoms with Crippen molar-refractivity contribution < 1.29 is 0 Å². The van der Waals surface area contributed by atoms with Crippen LogP contribution in [-0.2, 0) is 6.54 Å². The summed E-state index contributed by atoms with van der Waals surface area (Å²) in [4.78, 5) is 1.34. The number of hydrogen-bond acceptors (Lipinski definition) is 3. The van der Waals surface area contributed by atoms with Gasteiger partial charge in [-0.25, -0.2) is 0 Å². The van der Waals surface area contributed by atoms with Crippen LogP contribution in [0.3, 0.4) is 0 Å². The maximum Gasteiger partial charge on any atom is 0.0205 e. The number of nitrogens with one attached hydrogen (secondary N) is 2. The fourth-order valence-electron chi connectivity index (χ4n) is 2.45. The van der Waals surface area contributed by atoms with Crippen LogP contribution in [0.15, 0.2) is 29.2 Å². The summed E-state index contributed by atoms with van der Waals surface area (Å²) in [6, 6.07) is 8.86. The maximum absolute atomic E-state index is 3.56. The third-order valence-electron chi connectivity index (χ3n) is 3.68. The third-order valence-corrected chi connectivity index (χ3v) is 4.42. The Bertz CT molecular complexity index is 331. The molecule has 0 atom stereocenters. The van der Waals surface area contributed by atoms with Gasteiger partial charge in [-0.1, -0.05) is 12.1 Å². The Morgan fingerprint density at radius 2 is 1.94 bits per heavy atom. The lowest BCUT2D eigenvalue weighted by Gasteiger charge is -2.22. The van der Waals surface area contributed by atoms with Gasteiger partial charge in [-0.3, -0.25) is 0 Å². The maximum atomic E-state index is 3.56. The molecule has 0 amide bonds. The highest BCUT2D eigenvalue weighted by atomic mass is 32.2. The highest BCUT2D eigenvalue weighted by Gasteiger charge is 2.11. The molecule has 1 heterocycles. The molecule has 1 aromatic rings. The summed E-state index contributed by atoms with van der Waals surface area (Å²) in [5.41, 5.74) is 1.39. The van der Waals surface area contributed by atoms with Crippen molar-refractivity contribution in [3.05, 3.63) is 29.8 Å². The first-order chi connectivity index (χ1) is 8.88. The van der Waals surface area contributed by atoms with Crippen molar-refractivity contribution in [2.75, 3.05) is 25.9 Å². The molecule has 0 aromatic heterocycles. The van der Waals surface area contributed by atoms with Gasteiger partial charge in [-0.2, -0.15) is 0 Å². The lowest BCUT2D eigenvalue weighted by atomic mass is 9.95. The molecule has 18 heavy (non-hydrogen) atoms. The third kappa shape index (κ3) is 4.63. The van der Waals surface area contributed by atoms with E-state index in [0.717, 1.165) is 19.0 Å². The second-order valence-corrected chi connectivity index (χ2v) is 5.89. The molecule has 0 aliphatic carbocycles. The molecule has 100 valence electrons. The first-order valence-electron chi connectivity index (χ1n) is 6.93. The van der Waals surface area contributed by atoms with E-state index in [1.165, 1.54) is 42.8 Å². The number of piperidine rings is 1. The molecule has 1 fully saturated rings.